The maximum Gasteiger partial charge on any atom is 0.256 e. The third kappa shape index (κ3) is 2.81. The number of amides is 1. The van der Waals surface area contributed by atoms with E-state index in [2.05, 4.69) is 10.5 Å². The molecule has 0 aromatic carbocycles. The molecule has 2 rings (SSSR count). The number of nitrogens with zero attached hydrogens (tertiary/aromatic N) is 3. The summed E-state index contributed by atoms with van der Waals surface area (Å²) in [5.74, 6) is -0.0394. The van der Waals surface area contributed by atoms with Crippen LogP contribution in [0.4, 0.5) is 5.69 Å². The van der Waals surface area contributed by atoms with Gasteiger partial charge in [0.15, 0.2) is 0 Å². The van der Waals surface area contributed by atoms with Crippen LogP contribution in [0.15, 0.2) is 0 Å². The molecule has 1 fully saturated rings. The summed E-state index contributed by atoms with van der Waals surface area (Å²) in [7, 11) is 0. The number of carbonyl (C=O) groups is 1. The topological polar surface area (TPSA) is 76.2 Å². The van der Waals surface area contributed by atoms with Crippen LogP contribution in [0, 0.1) is 13.8 Å². The average Bonchev–Trinajstić information content (AvgIpc) is 2.58. The minimum Gasteiger partial charge on any atom is -0.396 e. The van der Waals surface area contributed by atoms with Crippen molar-refractivity contribution < 1.29 is 4.79 Å². The lowest BCUT2D eigenvalue weighted by atomic mass is 10.2. The summed E-state index contributed by atoms with van der Waals surface area (Å²) >= 11 is 0. The molecule has 0 radical (unpaired) electrons. The molecule has 0 bridgehead atoms. The first-order valence-electron chi connectivity index (χ1n) is 6.42. The Kier molecular flexibility index (Phi) is 3.86. The molecule has 1 saturated heterocycles. The van der Waals surface area contributed by atoms with Crippen LogP contribution in [0.3, 0.4) is 0 Å². The quantitative estimate of drug-likeness (QED) is 0.825. The Morgan fingerprint density at radius 1 is 1.33 bits per heavy atom. The lowest BCUT2D eigenvalue weighted by molar-refractivity contribution is -0.127. The van der Waals surface area contributed by atoms with Crippen molar-refractivity contribution in [3.63, 3.8) is 0 Å². The molecule has 1 aliphatic heterocycles. The maximum absolute atomic E-state index is 11.9. The number of aromatic nitrogens is 2. The van der Waals surface area contributed by atoms with Crippen molar-refractivity contribution >= 4 is 11.6 Å². The van der Waals surface area contributed by atoms with Crippen LogP contribution in [0.1, 0.15) is 30.7 Å². The van der Waals surface area contributed by atoms with Gasteiger partial charge in [0.1, 0.15) is 6.54 Å². The van der Waals surface area contributed by atoms with Crippen molar-refractivity contribution in [3.8, 4) is 0 Å². The van der Waals surface area contributed by atoms with Crippen LogP contribution in [-0.2, 0) is 11.3 Å². The van der Waals surface area contributed by atoms with Crippen LogP contribution in [0.25, 0.3) is 0 Å². The van der Waals surface area contributed by atoms with Gasteiger partial charge in [0.05, 0.1) is 17.1 Å². The van der Waals surface area contributed by atoms with Gasteiger partial charge in [-0.2, -0.15) is 5.10 Å². The first-order chi connectivity index (χ1) is 8.58. The molecule has 1 aromatic heterocycles. The Bertz CT molecular complexity index is 434. The summed E-state index contributed by atoms with van der Waals surface area (Å²) in [6.45, 7) is 5.82. The lowest BCUT2D eigenvalue weighted by Gasteiger charge is -2.26. The van der Waals surface area contributed by atoms with Gasteiger partial charge in [-0.1, -0.05) is 6.42 Å². The Morgan fingerprint density at radius 3 is 2.56 bits per heavy atom. The number of carbonyl (C=O) groups excluding carboxylic acids is 1. The Labute approximate surface area is 107 Å². The van der Waals surface area contributed by atoms with E-state index >= 15 is 0 Å². The number of anilines is 1. The highest BCUT2D eigenvalue weighted by Gasteiger charge is 2.15. The van der Waals surface area contributed by atoms with E-state index in [-0.39, 0.29) is 12.5 Å². The van der Waals surface area contributed by atoms with Crippen molar-refractivity contribution in [3.05, 3.63) is 11.4 Å². The van der Waals surface area contributed by atoms with Crippen molar-refractivity contribution in [1.29, 1.82) is 0 Å². The zero-order valence-corrected chi connectivity index (χ0v) is 11.1. The number of nitrogens with one attached hydrogen (secondary N) is 1. The van der Waals surface area contributed by atoms with E-state index in [1.54, 1.807) is 4.68 Å². The molecule has 0 unspecified atom stereocenters. The average molecular weight is 251 g/mol. The summed E-state index contributed by atoms with van der Waals surface area (Å²) in [6, 6.07) is 0. The van der Waals surface area contributed by atoms with Gasteiger partial charge in [0.2, 0.25) is 0 Å². The molecular weight excluding hydrogens is 230 g/mol. The molecule has 6 heteroatoms. The number of nitrogens with two attached hydrogens (primary N) is 1. The first-order valence-corrected chi connectivity index (χ1v) is 6.42. The maximum atomic E-state index is 11.9. The summed E-state index contributed by atoms with van der Waals surface area (Å²) in [4.78, 5) is 11.9. The van der Waals surface area contributed by atoms with Gasteiger partial charge in [-0.05, 0) is 26.7 Å². The van der Waals surface area contributed by atoms with Crippen LogP contribution >= 0.6 is 0 Å². The summed E-state index contributed by atoms with van der Waals surface area (Å²) < 4.78 is 1.66. The van der Waals surface area contributed by atoms with Gasteiger partial charge in [-0.15, -0.1) is 0 Å². The van der Waals surface area contributed by atoms with Crippen LogP contribution < -0.4 is 11.2 Å². The number of piperidine rings is 1. The van der Waals surface area contributed by atoms with Crippen molar-refractivity contribution in [2.24, 2.45) is 0 Å². The fourth-order valence-electron chi connectivity index (χ4n) is 2.22. The SMILES string of the molecule is Cc1nn(CC(=O)NN2CCCCC2)c(C)c1N. The molecule has 0 atom stereocenters. The molecule has 1 aliphatic rings. The molecule has 2 heterocycles. The lowest BCUT2D eigenvalue weighted by Crippen LogP contribution is -2.46. The van der Waals surface area contributed by atoms with Gasteiger partial charge in [0.25, 0.3) is 5.91 Å². The second-order valence-corrected chi connectivity index (χ2v) is 4.82. The van der Waals surface area contributed by atoms with E-state index in [1.807, 2.05) is 18.9 Å². The molecule has 0 aliphatic carbocycles. The third-order valence-corrected chi connectivity index (χ3v) is 3.37. The number of nitrogen functional groups attached to an aromatic ring is 1. The molecular formula is C12H21N5O. The molecule has 6 nitrogen and oxygen atoms in total. The van der Waals surface area contributed by atoms with Crippen LogP contribution in [0.2, 0.25) is 0 Å². The summed E-state index contributed by atoms with van der Waals surface area (Å²) in [5.41, 5.74) is 11.0. The smallest absolute Gasteiger partial charge is 0.256 e. The third-order valence-electron chi connectivity index (χ3n) is 3.37. The van der Waals surface area contributed by atoms with Crippen LogP contribution in [0.5, 0.6) is 0 Å². The van der Waals surface area contributed by atoms with E-state index in [4.69, 9.17) is 5.73 Å². The molecule has 1 aromatic rings. The van der Waals surface area contributed by atoms with Gasteiger partial charge in [-0.3, -0.25) is 14.9 Å². The largest absolute Gasteiger partial charge is 0.396 e. The minimum absolute atomic E-state index is 0.0394. The van der Waals surface area contributed by atoms with Gasteiger partial charge >= 0.3 is 0 Å². The highest BCUT2D eigenvalue weighted by molar-refractivity contribution is 5.75. The fraction of sp³-hybridized carbons (Fsp3) is 0.667. The predicted molar refractivity (Wildman–Crippen MR) is 69.7 cm³/mol. The molecule has 1 amide bonds. The van der Waals surface area contributed by atoms with Gasteiger partial charge in [-0.25, -0.2) is 5.01 Å². The highest BCUT2D eigenvalue weighted by Crippen LogP contribution is 2.14. The second kappa shape index (κ2) is 5.39. The molecule has 3 N–H and O–H groups in total. The number of hydrazine groups is 1. The molecule has 0 spiro atoms. The number of aryl methyl sites for hydroxylation is 1. The fourth-order valence-corrected chi connectivity index (χ4v) is 2.22. The van der Waals surface area contributed by atoms with E-state index in [0.717, 1.165) is 37.3 Å². The molecule has 18 heavy (non-hydrogen) atoms. The van der Waals surface area contributed by atoms with Crippen molar-refractivity contribution in [2.75, 3.05) is 18.8 Å². The van der Waals surface area contributed by atoms with Gasteiger partial charge < -0.3 is 5.73 Å². The van der Waals surface area contributed by atoms with E-state index in [1.165, 1.54) is 6.42 Å². The van der Waals surface area contributed by atoms with E-state index < -0.39 is 0 Å². The normalized spacial score (nSPS) is 16.8. The predicted octanol–water partition coefficient (Wildman–Crippen LogP) is 0.599. The zero-order valence-electron chi connectivity index (χ0n) is 11.1. The number of hydrogen-bond donors (Lipinski definition) is 2. The Morgan fingerprint density at radius 2 is 2.00 bits per heavy atom. The monoisotopic (exact) mass is 251 g/mol. The highest BCUT2D eigenvalue weighted by atomic mass is 16.2. The standard InChI is InChI=1S/C12H21N5O/c1-9-12(13)10(2)17(14-9)8-11(18)15-16-6-4-3-5-7-16/h3-8,13H2,1-2H3,(H,15,18). The number of hydrogen-bond acceptors (Lipinski definition) is 4. The number of rotatable bonds is 3. The summed E-state index contributed by atoms with van der Waals surface area (Å²) in [5, 5.41) is 6.24. The van der Waals surface area contributed by atoms with Crippen LogP contribution in [-0.4, -0.2) is 33.8 Å². The second-order valence-electron chi connectivity index (χ2n) is 4.82. The summed E-state index contributed by atoms with van der Waals surface area (Å²) in [6.07, 6.45) is 3.54. The molecule has 100 valence electrons. The Balaban J connectivity index is 1.92. The zero-order chi connectivity index (χ0) is 13.1. The Hall–Kier alpha value is -1.56. The van der Waals surface area contributed by atoms with Crippen molar-refractivity contribution in [2.45, 2.75) is 39.7 Å². The van der Waals surface area contributed by atoms with Crippen molar-refractivity contribution in [1.82, 2.24) is 20.2 Å². The minimum atomic E-state index is -0.0394. The van der Waals surface area contributed by atoms with E-state index in [9.17, 15) is 4.79 Å². The van der Waals surface area contributed by atoms with Gasteiger partial charge in [0, 0.05) is 13.1 Å². The first kappa shape index (κ1) is 12.9. The molecule has 0 saturated carbocycles. The van der Waals surface area contributed by atoms with E-state index in [0.29, 0.717) is 5.69 Å².